The van der Waals surface area contributed by atoms with E-state index in [1.165, 1.54) is 10.9 Å². The summed E-state index contributed by atoms with van der Waals surface area (Å²) in [5.41, 5.74) is 2.38. The van der Waals surface area contributed by atoms with Crippen molar-refractivity contribution in [2.24, 2.45) is 0 Å². The van der Waals surface area contributed by atoms with E-state index >= 15 is 0 Å². The van der Waals surface area contributed by atoms with Crippen LogP contribution in [0.2, 0.25) is 0 Å². The number of carbonyl (C=O) groups is 1. The zero-order valence-electron chi connectivity index (χ0n) is 11.4. The second-order valence-corrected chi connectivity index (χ2v) is 5.87. The van der Waals surface area contributed by atoms with Gasteiger partial charge in [0.2, 0.25) is 0 Å². The maximum Gasteiger partial charge on any atom is 0.134 e. The second-order valence-electron chi connectivity index (χ2n) is 5.87. The zero-order valence-corrected chi connectivity index (χ0v) is 11.4. The van der Waals surface area contributed by atoms with Gasteiger partial charge in [0.05, 0.1) is 0 Å². The molecule has 1 aromatic heterocycles. The van der Waals surface area contributed by atoms with Crippen LogP contribution in [0.25, 0.3) is 10.8 Å². The van der Waals surface area contributed by atoms with E-state index in [1.807, 2.05) is 18.5 Å². The molecule has 1 aromatic carbocycles. The molecule has 0 aliphatic carbocycles. The van der Waals surface area contributed by atoms with Crippen molar-refractivity contribution in [3.05, 3.63) is 41.7 Å². The molecule has 18 heavy (non-hydrogen) atoms. The number of nitrogens with zero attached hydrogens (tertiary/aromatic N) is 1. The Labute approximate surface area is 108 Å². The van der Waals surface area contributed by atoms with Crippen molar-refractivity contribution in [2.45, 2.75) is 39.5 Å². The van der Waals surface area contributed by atoms with Gasteiger partial charge < -0.3 is 0 Å². The van der Waals surface area contributed by atoms with Gasteiger partial charge in [-0.3, -0.25) is 9.78 Å². The van der Waals surface area contributed by atoms with Crippen LogP contribution in [0.4, 0.5) is 0 Å². The predicted molar refractivity (Wildman–Crippen MR) is 74.8 cm³/mol. The predicted octanol–water partition coefficient (Wildman–Crippen LogP) is 3.66. The third-order valence-corrected chi connectivity index (χ3v) is 3.08. The van der Waals surface area contributed by atoms with Crippen LogP contribution in [0.5, 0.6) is 0 Å². The SMILES string of the molecule is CC(=O)Cc1ccc2c(C(C)(C)C)cncc2c1. The van der Waals surface area contributed by atoms with Crippen molar-refractivity contribution in [1.29, 1.82) is 0 Å². The number of hydrogen-bond donors (Lipinski definition) is 0. The molecule has 0 bridgehead atoms. The quantitative estimate of drug-likeness (QED) is 0.803. The molecule has 1 heterocycles. The summed E-state index contributed by atoms with van der Waals surface area (Å²) in [6, 6.07) is 6.22. The van der Waals surface area contributed by atoms with E-state index in [2.05, 4.69) is 37.9 Å². The van der Waals surface area contributed by atoms with E-state index < -0.39 is 0 Å². The Morgan fingerprint density at radius 2 is 1.94 bits per heavy atom. The number of fused-ring (bicyclic) bond motifs is 1. The molecule has 0 spiro atoms. The largest absolute Gasteiger partial charge is 0.300 e. The van der Waals surface area contributed by atoms with Gasteiger partial charge in [-0.05, 0) is 34.9 Å². The molecule has 2 rings (SSSR count). The van der Waals surface area contributed by atoms with Crippen LogP contribution in [0.15, 0.2) is 30.6 Å². The third kappa shape index (κ3) is 2.58. The molecule has 0 saturated carbocycles. The van der Waals surface area contributed by atoms with Gasteiger partial charge in [0.1, 0.15) is 5.78 Å². The molecule has 2 aromatic rings. The topological polar surface area (TPSA) is 30.0 Å². The van der Waals surface area contributed by atoms with E-state index in [0.717, 1.165) is 10.9 Å². The maximum atomic E-state index is 11.2. The van der Waals surface area contributed by atoms with E-state index in [-0.39, 0.29) is 11.2 Å². The van der Waals surface area contributed by atoms with Crippen LogP contribution in [-0.4, -0.2) is 10.8 Å². The molecule has 2 nitrogen and oxygen atoms in total. The van der Waals surface area contributed by atoms with Gasteiger partial charge in [-0.1, -0.05) is 32.9 Å². The summed E-state index contributed by atoms with van der Waals surface area (Å²) >= 11 is 0. The minimum absolute atomic E-state index is 0.0780. The monoisotopic (exact) mass is 241 g/mol. The minimum Gasteiger partial charge on any atom is -0.300 e. The molecule has 2 heteroatoms. The molecular weight excluding hydrogens is 222 g/mol. The van der Waals surface area contributed by atoms with E-state index in [9.17, 15) is 4.79 Å². The zero-order chi connectivity index (χ0) is 13.3. The standard InChI is InChI=1S/C16H19NO/c1-11(18)7-12-5-6-14-13(8-12)9-17-10-15(14)16(2,3)4/h5-6,8-10H,7H2,1-4H3. The van der Waals surface area contributed by atoms with Gasteiger partial charge in [0, 0.05) is 24.2 Å². The smallest absolute Gasteiger partial charge is 0.134 e. The number of hydrogen-bond acceptors (Lipinski definition) is 2. The molecular formula is C16H19NO. The molecule has 0 unspecified atom stereocenters. The number of carbonyl (C=O) groups excluding carboxylic acids is 1. The van der Waals surface area contributed by atoms with Crippen LogP contribution in [0, 0.1) is 0 Å². The van der Waals surface area contributed by atoms with E-state index in [4.69, 9.17) is 0 Å². The van der Waals surface area contributed by atoms with Crippen LogP contribution in [0.1, 0.15) is 38.8 Å². The highest BCUT2D eigenvalue weighted by molar-refractivity contribution is 5.87. The summed E-state index contributed by atoms with van der Waals surface area (Å²) < 4.78 is 0. The Morgan fingerprint density at radius 1 is 1.22 bits per heavy atom. The molecule has 0 atom stereocenters. The lowest BCUT2D eigenvalue weighted by Crippen LogP contribution is -2.12. The highest BCUT2D eigenvalue weighted by atomic mass is 16.1. The Morgan fingerprint density at radius 3 is 2.56 bits per heavy atom. The van der Waals surface area contributed by atoms with Crippen molar-refractivity contribution in [3.8, 4) is 0 Å². The summed E-state index contributed by atoms with van der Waals surface area (Å²) in [6.45, 7) is 8.18. The van der Waals surface area contributed by atoms with Crippen LogP contribution in [-0.2, 0) is 16.6 Å². The fourth-order valence-electron chi connectivity index (χ4n) is 2.22. The van der Waals surface area contributed by atoms with Crippen molar-refractivity contribution >= 4 is 16.6 Å². The van der Waals surface area contributed by atoms with Crippen molar-refractivity contribution in [1.82, 2.24) is 4.98 Å². The molecule has 94 valence electrons. The first-order valence-corrected chi connectivity index (χ1v) is 6.24. The summed E-state index contributed by atoms with van der Waals surface area (Å²) in [5.74, 6) is 0.189. The fraction of sp³-hybridized carbons (Fsp3) is 0.375. The number of ketones is 1. The van der Waals surface area contributed by atoms with Crippen LogP contribution in [0.3, 0.4) is 0 Å². The van der Waals surface area contributed by atoms with Gasteiger partial charge in [0.25, 0.3) is 0 Å². The average molecular weight is 241 g/mol. The lowest BCUT2D eigenvalue weighted by Gasteiger charge is -2.20. The van der Waals surface area contributed by atoms with Gasteiger partial charge in [0.15, 0.2) is 0 Å². The van der Waals surface area contributed by atoms with Crippen LogP contribution >= 0.6 is 0 Å². The normalized spacial score (nSPS) is 11.8. The summed E-state index contributed by atoms with van der Waals surface area (Å²) in [4.78, 5) is 15.5. The molecule has 0 radical (unpaired) electrons. The summed E-state index contributed by atoms with van der Waals surface area (Å²) in [7, 11) is 0. The first-order chi connectivity index (χ1) is 8.38. The maximum absolute atomic E-state index is 11.2. The lowest BCUT2D eigenvalue weighted by atomic mass is 9.85. The number of aromatic nitrogens is 1. The Hall–Kier alpha value is -1.70. The van der Waals surface area contributed by atoms with E-state index in [0.29, 0.717) is 6.42 Å². The number of pyridine rings is 1. The molecule has 0 aliphatic rings. The summed E-state index contributed by atoms with van der Waals surface area (Å²) in [6.07, 6.45) is 4.30. The Kier molecular flexibility index (Phi) is 3.20. The van der Waals surface area contributed by atoms with Crippen molar-refractivity contribution in [2.75, 3.05) is 0 Å². The van der Waals surface area contributed by atoms with Crippen molar-refractivity contribution in [3.63, 3.8) is 0 Å². The molecule has 0 amide bonds. The highest BCUT2D eigenvalue weighted by Crippen LogP contribution is 2.29. The molecule has 0 saturated heterocycles. The van der Waals surface area contributed by atoms with Gasteiger partial charge in [-0.2, -0.15) is 0 Å². The van der Waals surface area contributed by atoms with Gasteiger partial charge in [-0.25, -0.2) is 0 Å². The average Bonchev–Trinajstić information content (AvgIpc) is 2.25. The first kappa shape index (κ1) is 12.7. The molecule has 0 aliphatic heterocycles. The molecule has 0 fully saturated rings. The van der Waals surface area contributed by atoms with Crippen LogP contribution < -0.4 is 0 Å². The minimum atomic E-state index is 0.0780. The van der Waals surface area contributed by atoms with Gasteiger partial charge in [-0.15, -0.1) is 0 Å². The number of benzene rings is 1. The second kappa shape index (κ2) is 4.52. The Balaban J connectivity index is 2.57. The van der Waals surface area contributed by atoms with Gasteiger partial charge >= 0.3 is 0 Å². The summed E-state index contributed by atoms with van der Waals surface area (Å²) in [5, 5.41) is 2.34. The Bertz CT molecular complexity index is 594. The van der Waals surface area contributed by atoms with Crippen molar-refractivity contribution < 1.29 is 4.79 Å². The molecule has 0 N–H and O–H groups in total. The number of rotatable bonds is 2. The lowest BCUT2D eigenvalue weighted by molar-refractivity contribution is -0.116. The van der Waals surface area contributed by atoms with E-state index in [1.54, 1.807) is 6.92 Å². The fourth-order valence-corrected chi connectivity index (χ4v) is 2.22. The highest BCUT2D eigenvalue weighted by Gasteiger charge is 2.17. The third-order valence-electron chi connectivity index (χ3n) is 3.08. The first-order valence-electron chi connectivity index (χ1n) is 6.24. The number of Topliss-reactive ketones (excluding diaryl/α,β-unsaturated/α-hetero) is 1.